The second-order valence-electron chi connectivity index (χ2n) is 7.53. The fraction of sp³-hybridized carbons (Fsp3) is 0.261. The van der Waals surface area contributed by atoms with Crippen molar-refractivity contribution in [2.45, 2.75) is 20.1 Å². The van der Waals surface area contributed by atoms with E-state index in [0.717, 1.165) is 28.8 Å². The first kappa shape index (κ1) is 20.9. The van der Waals surface area contributed by atoms with Crippen molar-refractivity contribution in [2.75, 3.05) is 26.0 Å². The summed E-state index contributed by atoms with van der Waals surface area (Å²) in [4.78, 5) is 25.4. The molecule has 0 aliphatic carbocycles. The summed E-state index contributed by atoms with van der Waals surface area (Å²) in [7, 11) is 5.32. The van der Waals surface area contributed by atoms with Crippen molar-refractivity contribution >= 4 is 34.2 Å². The lowest BCUT2D eigenvalue weighted by molar-refractivity contribution is 0.105. The molecule has 0 atom stereocenters. The Morgan fingerprint density at radius 3 is 2.71 bits per heavy atom. The van der Waals surface area contributed by atoms with Crippen LogP contribution in [0.15, 0.2) is 52.5 Å². The number of hydrogen-bond acceptors (Lipinski definition) is 7. The number of hydrogen-bond donors (Lipinski definition) is 0. The van der Waals surface area contributed by atoms with Crippen molar-refractivity contribution in [3.05, 3.63) is 64.3 Å². The van der Waals surface area contributed by atoms with Gasteiger partial charge in [-0.1, -0.05) is 0 Å². The molecule has 31 heavy (non-hydrogen) atoms. The second-order valence-corrected chi connectivity index (χ2v) is 8.53. The fourth-order valence-corrected chi connectivity index (χ4v) is 4.19. The summed E-state index contributed by atoms with van der Waals surface area (Å²) >= 11 is 1.75. The van der Waals surface area contributed by atoms with Crippen LogP contribution in [-0.4, -0.2) is 42.1 Å². The average molecular weight is 437 g/mol. The quantitative estimate of drug-likeness (QED) is 0.419. The van der Waals surface area contributed by atoms with E-state index in [9.17, 15) is 4.79 Å². The molecule has 1 amide bonds. The number of fused-ring (bicyclic) bond motifs is 1. The molecule has 160 valence electrons. The number of rotatable bonds is 6. The molecule has 0 saturated heterocycles. The van der Waals surface area contributed by atoms with Crippen LogP contribution in [0.3, 0.4) is 0 Å². The van der Waals surface area contributed by atoms with Crippen LogP contribution in [0, 0.1) is 6.92 Å². The Labute approximate surface area is 184 Å². The Balaban J connectivity index is 1.60. The first-order valence-electron chi connectivity index (χ1n) is 9.84. The molecule has 0 fully saturated rings. The molecular formula is C23H24N4O3S. The molecule has 4 aromatic rings. The number of ether oxygens (including phenoxy) is 1. The van der Waals surface area contributed by atoms with Gasteiger partial charge in [0.15, 0.2) is 6.61 Å². The number of amides is 1. The molecule has 7 nitrogen and oxygen atoms in total. The lowest BCUT2D eigenvalue weighted by Crippen LogP contribution is -2.22. The monoisotopic (exact) mass is 436 g/mol. The zero-order valence-corrected chi connectivity index (χ0v) is 18.8. The summed E-state index contributed by atoms with van der Waals surface area (Å²) in [5, 5.41) is 3.06. The maximum Gasteiger partial charge on any atom is 0.409 e. The Hall–Kier alpha value is -3.39. The molecule has 0 bridgehead atoms. The van der Waals surface area contributed by atoms with Gasteiger partial charge in [-0.2, -0.15) is 0 Å². The topological polar surface area (TPSA) is 71.7 Å². The van der Waals surface area contributed by atoms with Gasteiger partial charge in [0.05, 0.1) is 12.1 Å². The molecule has 0 N–H and O–H groups in total. The number of aromatic nitrogens is 2. The minimum Gasteiger partial charge on any atom is -0.457 e. The number of nitrogens with zero attached hydrogens (tertiary/aromatic N) is 4. The molecule has 3 heterocycles. The summed E-state index contributed by atoms with van der Waals surface area (Å²) in [6.07, 6.45) is 1.19. The Bertz CT molecular complexity index is 1210. The van der Waals surface area contributed by atoms with E-state index in [1.807, 2.05) is 37.4 Å². The number of aryl methyl sites for hydroxylation is 1. The average Bonchev–Trinajstić information content (AvgIpc) is 3.40. The maximum atomic E-state index is 11.6. The Morgan fingerprint density at radius 1 is 1.13 bits per heavy atom. The third-order valence-electron chi connectivity index (χ3n) is 4.97. The molecule has 0 radical (unpaired) electrons. The van der Waals surface area contributed by atoms with Crippen LogP contribution in [0.4, 0.5) is 10.6 Å². The van der Waals surface area contributed by atoms with Gasteiger partial charge in [-0.15, -0.1) is 11.3 Å². The normalized spacial score (nSPS) is 11.0. The summed E-state index contributed by atoms with van der Waals surface area (Å²) in [5.74, 6) is 2.15. The summed E-state index contributed by atoms with van der Waals surface area (Å²) < 4.78 is 11.1. The maximum absolute atomic E-state index is 11.6. The van der Waals surface area contributed by atoms with Crippen molar-refractivity contribution in [1.82, 2.24) is 14.9 Å². The van der Waals surface area contributed by atoms with Gasteiger partial charge in [0.25, 0.3) is 0 Å². The highest BCUT2D eigenvalue weighted by Gasteiger charge is 2.14. The van der Waals surface area contributed by atoms with Crippen LogP contribution in [0.2, 0.25) is 0 Å². The number of thiophene rings is 1. The van der Waals surface area contributed by atoms with Crippen molar-refractivity contribution < 1.29 is 13.9 Å². The van der Waals surface area contributed by atoms with Crippen molar-refractivity contribution in [3.63, 3.8) is 0 Å². The van der Waals surface area contributed by atoms with E-state index in [1.54, 1.807) is 31.8 Å². The second kappa shape index (κ2) is 8.77. The zero-order valence-electron chi connectivity index (χ0n) is 18.0. The minimum atomic E-state index is -0.408. The van der Waals surface area contributed by atoms with Crippen molar-refractivity contribution in [1.29, 1.82) is 0 Å². The molecular weight excluding hydrogens is 412 g/mol. The first-order chi connectivity index (χ1) is 14.9. The smallest absolute Gasteiger partial charge is 0.409 e. The van der Waals surface area contributed by atoms with Gasteiger partial charge in [0.2, 0.25) is 0 Å². The van der Waals surface area contributed by atoms with Gasteiger partial charge >= 0.3 is 6.09 Å². The number of furan rings is 1. The van der Waals surface area contributed by atoms with E-state index < -0.39 is 6.09 Å². The van der Waals surface area contributed by atoms with E-state index in [2.05, 4.69) is 33.2 Å². The van der Waals surface area contributed by atoms with E-state index in [0.29, 0.717) is 11.5 Å². The molecule has 0 aliphatic heterocycles. The molecule has 0 unspecified atom stereocenters. The van der Waals surface area contributed by atoms with Gasteiger partial charge in [-0.05, 0) is 54.3 Å². The largest absolute Gasteiger partial charge is 0.457 e. The lowest BCUT2D eigenvalue weighted by atomic mass is 10.1. The zero-order chi connectivity index (χ0) is 22.0. The number of anilines is 1. The molecule has 1 aromatic carbocycles. The third-order valence-corrected chi connectivity index (χ3v) is 5.98. The molecule has 8 heteroatoms. The molecule has 0 saturated carbocycles. The van der Waals surface area contributed by atoms with Gasteiger partial charge in [0.1, 0.15) is 23.7 Å². The molecule has 0 spiro atoms. The van der Waals surface area contributed by atoms with Crippen LogP contribution in [0.1, 0.15) is 16.2 Å². The Morgan fingerprint density at radius 2 is 1.97 bits per heavy atom. The van der Waals surface area contributed by atoms with E-state index in [-0.39, 0.29) is 6.61 Å². The van der Waals surface area contributed by atoms with Gasteiger partial charge < -0.3 is 19.0 Å². The predicted molar refractivity (Wildman–Crippen MR) is 122 cm³/mol. The van der Waals surface area contributed by atoms with Crippen LogP contribution in [-0.2, 0) is 17.9 Å². The van der Waals surface area contributed by atoms with Crippen molar-refractivity contribution in [2.24, 2.45) is 0 Å². The summed E-state index contributed by atoms with van der Waals surface area (Å²) in [5.41, 5.74) is 3.07. The molecule has 3 aromatic heterocycles. The number of carbonyl (C=O) groups is 1. The lowest BCUT2D eigenvalue weighted by Gasteiger charge is -2.19. The van der Waals surface area contributed by atoms with Crippen molar-refractivity contribution in [3.8, 4) is 11.3 Å². The fourth-order valence-electron chi connectivity index (χ4n) is 3.23. The van der Waals surface area contributed by atoms with Gasteiger partial charge in [-0.3, -0.25) is 0 Å². The summed E-state index contributed by atoms with van der Waals surface area (Å²) in [6, 6.07) is 11.8. The van der Waals surface area contributed by atoms with E-state index in [1.165, 1.54) is 15.3 Å². The van der Waals surface area contributed by atoms with Gasteiger partial charge in [-0.25, -0.2) is 14.8 Å². The van der Waals surface area contributed by atoms with Crippen LogP contribution in [0.25, 0.3) is 22.2 Å². The number of benzene rings is 1. The van der Waals surface area contributed by atoms with Crippen LogP contribution < -0.4 is 4.90 Å². The SMILES string of the molecule is Cc1ccsc1CN(C)c1ncnc2ccc(-c3ccc(COC(=O)N(C)C)o3)cc12. The standard InChI is InChI=1S/C23H24N4O3S/c1-15-9-10-31-21(15)12-27(4)22-18-11-16(5-7-19(18)24-14-25-22)20-8-6-17(30-20)13-29-23(28)26(2)3/h5-11,14H,12-13H2,1-4H3. The minimum absolute atomic E-state index is 0.0852. The first-order valence-corrected chi connectivity index (χ1v) is 10.7. The van der Waals surface area contributed by atoms with Crippen LogP contribution in [0.5, 0.6) is 0 Å². The molecule has 4 rings (SSSR count). The Kier molecular flexibility index (Phi) is 5.90. The molecule has 0 aliphatic rings. The van der Waals surface area contributed by atoms with Gasteiger partial charge in [0, 0.05) is 37.0 Å². The highest BCUT2D eigenvalue weighted by atomic mass is 32.1. The highest BCUT2D eigenvalue weighted by Crippen LogP contribution is 2.30. The van der Waals surface area contributed by atoms with E-state index in [4.69, 9.17) is 9.15 Å². The summed E-state index contributed by atoms with van der Waals surface area (Å²) in [6.45, 7) is 2.99. The van der Waals surface area contributed by atoms with Crippen LogP contribution >= 0.6 is 11.3 Å². The predicted octanol–water partition coefficient (Wildman–Crippen LogP) is 5.09. The number of carbonyl (C=O) groups excluding carboxylic acids is 1. The van der Waals surface area contributed by atoms with E-state index >= 15 is 0 Å². The third kappa shape index (κ3) is 4.54. The highest BCUT2D eigenvalue weighted by molar-refractivity contribution is 7.10.